The maximum atomic E-state index is 5.22. The van der Waals surface area contributed by atoms with Crippen molar-refractivity contribution in [2.24, 2.45) is 0 Å². The van der Waals surface area contributed by atoms with Crippen molar-refractivity contribution in [2.45, 2.75) is 12.0 Å². The molecular formula is C47H33N3. The van der Waals surface area contributed by atoms with Crippen molar-refractivity contribution < 1.29 is 0 Å². The number of hydrogen-bond donors (Lipinski definition) is 0. The Morgan fingerprint density at radius 2 is 1.12 bits per heavy atom. The maximum Gasteiger partial charge on any atom is 0.0782 e. The second-order valence-corrected chi connectivity index (χ2v) is 13.2. The fraction of sp³-hybridized carbons (Fsp3) is 0.0426. The van der Waals surface area contributed by atoms with Crippen LogP contribution in [0.25, 0.3) is 61.1 Å². The van der Waals surface area contributed by atoms with E-state index in [1.54, 1.807) is 0 Å². The highest BCUT2D eigenvalue weighted by Gasteiger charge is 2.39. The standard InChI is InChI=1S/C47H33N3/c1-4-15-32(16-5-1)34-29-35(43-24-14-23-42(48-43)33-17-6-2-7-18-33)31-37(30-34)50-45-26-13-11-22-39(45)41-28-27-40-38-21-10-12-25-44(38)49(46(40)47(41)50)36-19-8-3-9-20-36/h1-31,38,44H. The monoisotopic (exact) mass is 639 g/mol. The summed E-state index contributed by atoms with van der Waals surface area (Å²) in [5.74, 6) is 0.266. The summed E-state index contributed by atoms with van der Waals surface area (Å²) in [4.78, 5) is 7.78. The van der Waals surface area contributed by atoms with E-state index in [0.717, 1.165) is 33.8 Å². The molecule has 3 heteroatoms. The van der Waals surface area contributed by atoms with Crippen molar-refractivity contribution in [1.29, 1.82) is 0 Å². The molecule has 236 valence electrons. The molecule has 2 aromatic heterocycles. The molecule has 2 aliphatic rings. The van der Waals surface area contributed by atoms with E-state index >= 15 is 0 Å². The highest BCUT2D eigenvalue weighted by Crippen LogP contribution is 2.52. The lowest BCUT2D eigenvalue weighted by atomic mass is 9.91. The number of aromatic nitrogens is 2. The maximum absolute atomic E-state index is 5.22. The summed E-state index contributed by atoms with van der Waals surface area (Å²) in [5.41, 5.74) is 13.8. The molecule has 2 atom stereocenters. The van der Waals surface area contributed by atoms with Gasteiger partial charge in [-0.2, -0.15) is 0 Å². The van der Waals surface area contributed by atoms with Gasteiger partial charge in [0.2, 0.25) is 0 Å². The molecule has 1 aliphatic carbocycles. The molecule has 2 unspecified atom stereocenters. The molecule has 0 radical (unpaired) electrons. The Labute approximate surface area is 291 Å². The van der Waals surface area contributed by atoms with Gasteiger partial charge < -0.3 is 9.47 Å². The first-order valence-corrected chi connectivity index (χ1v) is 17.3. The van der Waals surface area contributed by atoms with Crippen LogP contribution in [0.5, 0.6) is 0 Å². The molecule has 0 saturated carbocycles. The van der Waals surface area contributed by atoms with E-state index in [1.807, 2.05) is 6.07 Å². The number of fused-ring (bicyclic) bond motifs is 7. The molecule has 10 rings (SSSR count). The third-order valence-electron chi connectivity index (χ3n) is 10.3. The molecule has 3 heterocycles. The second-order valence-electron chi connectivity index (χ2n) is 13.2. The summed E-state index contributed by atoms with van der Waals surface area (Å²) in [7, 11) is 0. The van der Waals surface area contributed by atoms with E-state index in [9.17, 15) is 0 Å². The van der Waals surface area contributed by atoms with Gasteiger partial charge in [0.15, 0.2) is 0 Å². The zero-order valence-corrected chi connectivity index (χ0v) is 27.4. The molecule has 1 aliphatic heterocycles. The van der Waals surface area contributed by atoms with Crippen LogP contribution in [0.1, 0.15) is 11.5 Å². The lowest BCUT2D eigenvalue weighted by Crippen LogP contribution is -2.28. The van der Waals surface area contributed by atoms with Crippen LogP contribution in [0.15, 0.2) is 188 Å². The van der Waals surface area contributed by atoms with E-state index in [1.165, 1.54) is 44.3 Å². The average molecular weight is 640 g/mol. The summed E-state index contributed by atoms with van der Waals surface area (Å²) in [6.07, 6.45) is 9.12. The summed E-state index contributed by atoms with van der Waals surface area (Å²) < 4.78 is 2.50. The van der Waals surface area contributed by atoms with Gasteiger partial charge in [0.1, 0.15) is 0 Å². The minimum absolute atomic E-state index is 0.200. The SMILES string of the molecule is C1=CC2c3ccc4c5ccccc5n(-c5cc(-c6ccccc6)cc(-c6cccc(-c7ccccc7)n6)c5)c4c3N(c3ccccc3)C2C=C1. The van der Waals surface area contributed by atoms with Crippen LogP contribution in [-0.2, 0) is 0 Å². The van der Waals surface area contributed by atoms with Gasteiger partial charge in [-0.3, -0.25) is 0 Å². The topological polar surface area (TPSA) is 21.1 Å². The van der Waals surface area contributed by atoms with E-state index in [-0.39, 0.29) is 12.0 Å². The third kappa shape index (κ3) is 4.55. The number of pyridine rings is 1. The number of benzene rings is 6. The van der Waals surface area contributed by atoms with Crippen molar-refractivity contribution in [3.05, 3.63) is 194 Å². The summed E-state index contributed by atoms with van der Waals surface area (Å²) in [6, 6.07) is 59.1. The van der Waals surface area contributed by atoms with E-state index in [0.29, 0.717) is 0 Å². The van der Waals surface area contributed by atoms with Crippen LogP contribution >= 0.6 is 0 Å². The Morgan fingerprint density at radius 1 is 0.460 bits per heavy atom. The van der Waals surface area contributed by atoms with Crippen molar-refractivity contribution in [1.82, 2.24) is 9.55 Å². The van der Waals surface area contributed by atoms with Gasteiger partial charge in [-0.25, -0.2) is 4.98 Å². The number of hydrogen-bond acceptors (Lipinski definition) is 2. The number of para-hydroxylation sites is 2. The molecule has 0 bridgehead atoms. The predicted octanol–water partition coefficient (Wildman–Crippen LogP) is 11.9. The lowest BCUT2D eigenvalue weighted by Gasteiger charge is -2.29. The Balaban J connectivity index is 1.28. The van der Waals surface area contributed by atoms with Gasteiger partial charge in [-0.1, -0.05) is 140 Å². The van der Waals surface area contributed by atoms with Crippen LogP contribution in [-0.4, -0.2) is 15.6 Å². The molecule has 3 nitrogen and oxygen atoms in total. The first-order valence-electron chi connectivity index (χ1n) is 17.3. The molecule has 50 heavy (non-hydrogen) atoms. The molecule has 0 N–H and O–H groups in total. The van der Waals surface area contributed by atoms with E-state index in [2.05, 4.69) is 191 Å². The fourth-order valence-corrected chi connectivity index (χ4v) is 8.07. The third-order valence-corrected chi connectivity index (χ3v) is 10.3. The van der Waals surface area contributed by atoms with Gasteiger partial charge >= 0.3 is 0 Å². The first kappa shape index (κ1) is 28.6. The first-order chi connectivity index (χ1) is 24.8. The van der Waals surface area contributed by atoms with Gasteiger partial charge in [0.05, 0.1) is 34.2 Å². The van der Waals surface area contributed by atoms with Gasteiger partial charge in [0, 0.05) is 39.2 Å². The Hall–Kier alpha value is -6.45. The molecular weight excluding hydrogens is 607 g/mol. The van der Waals surface area contributed by atoms with Crippen molar-refractivity contribution >= 4 is 33.2 Å². The van der Waals surface area contributed by atoms with Gasteiger partial charge in [-0.15, -0.1) is 0 Å². The van der Waals surface area contributed by atoms with Crippen LogP contribution in [0.3, 0.4) is 0 Å². The molecule has 0 amide bonds. The minimum atomic E-state index is 0.200. The summed E-state index contributed by atoms with van der Waals surface area (Å²) in [6.45, 7) is 0. The second kappa shape index (κ2) is 11.6. The van der Waals surface area contributed by atoms with Crippen LogP contribution in [0.2, 0.25) is 0 Å². The summed E-state index contributed by atoms with van der Waals surface area (Å²) >= 11 is 0. The van der Waals surface area contributed by atoms with Crippen LogP contribution < -0.4 is 4.90 Å². The minimum Gasteiger partial charge on any atom is -0.332 e. The smallest absolute Gasteiger partial charge is 0.0782 e. The van der Waals surface area contributed by atoms with E-state index in [4.69, 9.17) is 4.98 Å². The molecule has 8 aromatic rings. The number of anilines is 2. The number of nitrogens with zero attached hydrogens (tertiary/aromatic N) is 3. The van der Waals surface area contributed by atoms with Crippen LogP contribution in [0.4, 0.5) is 11.4 Å². The highest BCUT2D eigenvalue weighted by atomic mass is 15.2. The quantitative estimate of drug-likeness (QED) is 0.187. The zero-order chi connectivity index (χ0) is 33.0. The van der Waals surface area contributed by atoms with Crippen molar-refractivity contribution in [3.8, 4) is 39.3 Å². The molecule has 6 aromatic carbocycles. The zero-order valence-electron chi connectivity index (χ0n) is 27.4. The number of allylic oxidation sites excluding steroid dienone is 2. The van der Waals surface area contributed by atoms with E-state index < -0.39 is 0 Å². The van der Waals surface area contributed by atoms with Gasteiger partial charge in [-0.05, 0) is 65.2 Å². The number of rotatable bonds is 5. The highest BCUT2D eigenvalue weighted by molar-refractivity contribution is 6.15. The Bertz CT molecular complexity index is 2600. The normalized spacial score (nSPS) is 16.2. The van der Waals surface area contributed by atoms with Crippen LogP contribution in [0, 0.1) is 0 Å². The summed E-state index contributed by atoms with van der Waals surface area (Å²) in [5, 5.41) is 2.50. The van der Waals surface area contributed by atoms with Crippen molar-refractivity contribution in [3.63, 3.8) is 0 Å². The molecule has 0 fully saturated rings. The van der Waals surface area contributed by atoms with Gasteiger partial charge in [0.25, 0.3) is 0 Å². The Morgan fingerprint density at radius 3 is 1.92 bits per heavy atom. The lowest BCUT2D eigenvalue weighted by molar-refractivity contribution is 0.745. The molecule has 0 spiro atoms. The average Bonchev–Trinajstić information content (AvgIpc) is 3.72. The largest absolute Gasteiger partial charge is 0.332 e. The predicted molar refractivity (Wildman–Crippen MR) is 208 cm³/mol. The van der Waals surface area contributed by atoms with Crippen molar-refractivity contribution in [2.75, 3.05) is 4.90 Å². The fourth-order valence-electron chi connectivity index (χ4n) is 8.07. The molecule has 0 saturated heterocycles. The Kier molecular flexibility index (Phi) is 6.63.